The molecule has 1 aromatic carbocycles. The van der Waals surface area contributed by atoms with Gasteiger partial charge < -0.3 is 16.0 Å². The van der Waals surface area contributed by atoms with Gasteiger partial charge in [0.15, 0.2) is 0 Å². The zero-order valence-corrected chi connectivity index (χ0v) is 14.2. The van der Waals surface area contributed by atoms with E-state index in [4.69, 9.17) is 0 Å². The Bertz CT molecular complexity index is 569. The molecule has 2 rings (SSSR count). The molecule has 24 heavy (non-hydrogen) atoms. The van der Waals surface area contributed by atoms with Crippen molar-refractivity contribution in [3.05, 3.63) is 29.6 Å². The molecule has 0 radical (unpaired) electrons. The van der Waals surface area contributed by atoms with Gasteiger partial charge >= 0.3 is 0 Å². The summed E-state index contributed by atoms with van der Waals surface area (Å²) in [6, 6.07) is 4.49. The standard InChI is InChI=1S/C18H26FN3O2/c1-13(23)22-15-8-9-17(19)16(12-15)18(24)21-11-10-20-14-6-4-2-3-5-7-14/h8-9,12,14,20H,2-7,10-11H2,1H3,(H,21,24)(H,22,23). The van der Waals surface area contributed by atoms with Crippen molar-refractivity contribution in [3.63, 3.8) is 0 Å². The fourth-order valence-electron chi connectivity index (χ4n) is 3.01. The Morgan fingerprint density at radius 1 is 1.12 bits per heavy atom. The number of rotatable bonds is 6. The SMILES string of the molecule is CC(=O)Nc1ccc(F)c(C(=O)NCCNC2CCCCCC2)c1. The van der Waals surface area contributed by atoms with Crippen molar-refractivity contribution in [2.75, 3.05) is 18.4 Å². The fourth-order valence-corrected chi connectivity index (χ4v) is 3.01. The second-order valence-electron chi connectivity index (χ2n) is 6.27. The van der Waals surface area contributed by atoms with Gasteiger partial charge in [0.05, 0.1) is 5.56 Å². The van der Waals surface area contributed by atoms with E-state index in [1.165, 1.54) is 63.6 Å². The third kappa shape index (κ3) is 5.92. The van der Waals surface area contributed by atoms with Crippen LogP contribution in [0.2, 0.25) is 0 Å². The summed E-state index contributed by atoms with van der Waals surface area (Å²) < 4.78 is 13.8. The van der Waals surface area contributed by atoms with Gasteiger partial charge in [-0.3, -0.25) is 9.59 Å². The molecule has 1 aliphatic rings. The first-order chi connectivity index (χ1) is 11.6. The first kappa shape index (κ1) is 18.4. The van der Waals surface area contributed by atoms with Crippen molar-refractivity contribution < 1.29 is 14.0 Å². The predicted octanol–water partition coefficient (Wildman–Crippen LogP) is 2.83. The van der Waals surface area contributed by atoms with Crippen molar-refractivity contribution in [1.82, 2.24) is 10.6 Å². The summed E-state index contributed by atoms with van der Waals surface area (Å²) in [7, 11) is 0. The Hall–Kier alpha value is -1.95. The molecule has 1 aliphatic carbocycles. The van der Waals surface area contributed by atoms with Crippen LogP contribution in [0.1, 0.15) is 55.8 Å². The maximum Gasteiger partial charge on any atom is 0.254 e. The van der Waals surface area contributed by atoms with Crippen molar-refractivity contribution in [2.45, 2.75) is 51.5 Å². The largest absolute Gasteiger partial charge is 0.351 e. The van der Waals surface area contributed by atoms with E-state index in [1.807, 2.05) is 0 Å². The maximum atomic E-state index is 13.8. The number of hydrogen-bond donors (Lipinski definition) is 3. The molecule has 0 bridgehead atoms. The van der Waals surface area contributed by atoms with Gasteiger partial charge in [-0.25, -0.2) is 4.39 Å². The van der Waals surface area contributed by atoms with Gasteiger partial charge in [-0.15, -0.1) is 0 Å². The minimum atomic E-state index is -0.599. The molecule has 1 saturated carbocycles. The lowest BCUT2D eigenvalue weighted by Crippen LogP contribution is -2.37. The van der Waals surface area contributed by atoms with Crippen LogP contribution < -0.4 is 16.0 Å². The minimum Gasteiger partial charge on any atom is -0.351 e. The predicted molar refractivity (Wildman–Crippen MR) is 92.5 cm³/mol. The molecular weight excluding hydrogens is 309 g/mol. The van der Waals surface area contributed by atoms with Gasteiger partial charge in [-0.1, -0.05) is 25.7 Å². The Balaban J connectivity index is 1.80. The van der Waals surface area contributed by atoms with Crippen LogP contribution in [0.25, 0.3) is 0 Å². The molecule has 1 fully saturated rings. The number of carbonyl (C=O) groups excluding carboxylic acids is 2. The molecule has 0 spiro atoms. The molecule has 0 heterocycles. The van der Waals surface area contributed by atoms with Crippen LogP contribution in [0, 0.1) is 5.82 Å². The first-order valence-corrected chi connectivity index (χ1v) is 8.65. The van der Waals surface area contributed by atoms with E-state index in [-0.39, 0.29) is 11.5 Å². The number of anilines is 1. The van der Waals surface area contributed by atoms with Crippen molar-refractivity contribution in [2.24, 2.45) is 0 Å². The van der Waals surface area contributed by atoms with Gasteiger partial charge in [0.2, 0.25) is 5.91 Å². The zero-order valence-electron chi connectivity index (χ0n) is 14.2. The summed E-state index contributed by atoms with van der Waals surface area (Å²) in [5.74, 6) is -1.33. The van der Waals surface area contributed by atoms with E-state index in [0.29, 0.717) is 24.8 Å². The Labute approximate surface area is 142 Å². The van der Waals surface area contributed by atoms with Crippen molar-refractivity contribution in [3.8, 4) is 0 Å². The quantitative estimate of drug-likeness (QED) is 0.553. The lowest BCUT2D eigenvalue weighted by atomic mass is 10.1. The normalized spacial score (nSPS) is 15.6. The van der Waals surface area contributed by atoms with Crippen LogP contribution in [-0.2, 0) is 4.79 Å². The van der Waals surface area contributed by atoms with Gasteiger partial charge in [0, 0.05) is 31.7 Å². The fraction of sp³-hybridized carbons (Fsp3) is 0.556. The molecule has 0 saturated heterocycles. The molecular formula is C18H26FN3O2. The number of halogens is 1. The minimum absolute atomic E-state index is 0.0595. The first-order valence-electron chi connectivity index (χ1n) is 8.65. The van der Waals surface area contributed by atoms with Gasteiger partial charge in [0.25, 0.3) is 5.91 Å². The highest BCUT2D eigenvalue weighted by molar-refractivity contribution is 5.97. The third-order valence-corrected chi connectivity index (χ3v) is 4.23. The second kappa shape index (κ2) is 9.37. The second-order valence-corrected chi connectivity index (χ2v) is 6.27. The van der Waals surface area contributed by atoms with Crippen LogP contribution in [0.4, 0.5) is 10.1 Å². The summed E-state index contributed by atoms with van der Waals surface area (Å²) in [4.78, 5) is 23.2. The molecule has 5 nitrogen and oxygen atoms in total. The lowest BCUT2D eigenvalue weighted by Gasteiger charge is -2.16. The highest BCUT2D eigenvalue weighted by Crippen LogP contribution is 2.17. The number of carbonyl (C=O) groups is 2. The van der Waals surface area contributed by atoms with Crippen LogP contribution in [0.5, 0.6) is 0 Å². The molecule has 0 aliphatic heterocycles. The Morgan fingerprint density at radius 2 is 1.83 bits per heavy atom. The molecule has 6 heteroatoms. The average Bonchev–Trinajstić information content (AvgIpc) is 2.81. The zero-order chi connectivity index (χ0) is 17.4. The van der Waals surface area contributed by atoms with Crippen LogP contribution >= 0.6 is 0 Å². The highest BCUT2D eigenvalue weighted by atomic mass is 19.1. The maximum absolute atomic E-state index is 13.8. The molecule has 3 N–H and O–H groups in total. The van der Waals surface area contributed by atoms with E-state index in [2.05, 4.69) is 16.0 Å². The topological polar surface area (TPSA) is 70.2 Å². The van der Waals surface area contributed by atoms with E-state index < -0.39 is 11.7 Å². The summed E-state index contributed by atoms with van der Waals surface area (Å²) in [5.41, 5.74) is 0.348. The number of amides is 2. The molecule has 0 aromatic heterocycles. The Morgan fingerprint density at radius 3 is 2.50 bits per heavy atom. The molecule has 132 valence electrons. The van der Waals surface area contributed by atoms with Gasteiger partial charge in [-0.2, -0.15) is 0 Å². The molecule has 1 aromatic rings. The molecule has 2 amide bonds. The lowest BCUT2D eigenvalue weighted by molar-refractivity contribution is -0.114. The van der Waals surface area contributed by atoms with Gasteiger partial charge in [-0.05, 0) is 31.0 Å². The van der Waals surface area contributed by atoms with Crippen LogP contribution in [-0.4, -0.2) is 30.9 Å². The van der Waals surface area contributed by atoms with Crippen LogP contribution in [0.15, 0.2) is 18.2 Å². The smallest absolute Gasteiger partial charge is 0.254 e. The third-order valence-electron chi connectivity index (χ3n) is 4.23. The number of benzene rings is 1. The molecule has 0 atom stereocenters. The van der Waals surface area contributed by atoms with E-state index in [0.717, 1.165) is 0 Å². The number of hydrogen-bond acceptors (Lipinski definition) is 3. The summed E-state index contributed by atoms with van der Waals surface area (Å²) >= 11 is 0. The van der Waals surface area contributed by atoms with Crippen molar-refractivity contribution in [1.29, 1.82) is 0 Å². The summed E-state index contributed by atoms with van der Waals surface area (Å²) in [6.07, 6.45) is 7.48. The Kier molecular flexibility index (Phi) is 7.18. The monoisotopic (exact) mass is 335 g/mol. The van der Waals surface area contributed by atoms with E-state index in [1.54, 1.807) is 0 Å². The summed E-state index contributed by atoms with van der Waals surface area (Å²) in [6.45, 7) is 2.48. The summed E-state index contributed by atoms with van der Waals surface area (Å²) in [5, 5.41) is 8.72. The average molecular weight is 335 g/mol. The van der Waals surface area contributed by atoms with E-state index in [9.17, 15) is 14.0 Å². The van der Waals surface area contributed by atoms with E-state index >= 15 is 0 Å². The number of nitrogens with one attached hydrogen (secondary N) is 3. The molecule has 0 unspecified atom stereocenters. The van der Waals surface area contributed by atoms with Gasteiger partial charge in [0.1, 0.15) is 5.82 Å². The van der Waals surface area contributed by atoms with Crippen molar-refractivity contribution >= 4 is 17.5 Å². The highest BCUT2D eigenvalue weighted by Gasteiger charge is 2.14. The van der Waals surface area contributed by atoms with Crippen LogP contribution in [0.3, 0.4) is 0 Å².